The van der Waals surface area contributed by atoms with Gasteiger partial charge in [0.15, 0.2) is 17.9 Å². The molecule has 0 rings (SSSR count). The minimum atomic E-state index is -1.78. The van der Waals surface area contributed by atoms with Gasteiger partial charge in [0.1, 0.15) is 48.3 Å². The van der Waals surface area contributed by atoms with Crippen LogP contribution in [0, 0.1) is 5.92 Å². The van der Waals surface area contributed by atoms with Crippen LogP contribution in [0.25, 0.3) is 0 Å². The third-order valence-corrected chi connectivity index (χ3v) is 12.1. The Labute approximate surface area is 489 Å². The van der Waals surface area contributed by atoms with E-state index in [1.165, 1.54) is 18.7 Å². The second-order valence-corrected chi connectivity index (χ2v) is 20.2. The van der Waals surface area contributed by atoms with Crippen LogP contribution in [-0.4, -0.2) is 223 Å². The van der Waals surface area contributed by atoms with E-state index in [0.29, 0.717) is 5.75 Å². The minimum absolute atomic E-state index is 0.0186. The minimum Gasteiger partial charge on any atom is -0.394 e. The predicted octanol–water partition coefficient (Wildman–Crippen LogP) is -11.0. The summed E-state index contributed by atoms with van der Waals surface area (Å²) in [4.78, 5) is 169. The van der Waals surface area contributed by atoms with Crippen LogP contribution in [0.15, 0.2) is 15.0 Å². The molecule has 0 saturated carbocycles. The van der Waals surface area contributed by atoms with Gasteiger partial charge in [0.05, 0.1) is 39.0 Å². The number of nitrogens with one attached hydrogen (secondary N) is 11. The Hall–Kier alpha value is -8.32. The molecule has 476 valence electrons. The lowest BCUT2D eigenvalue weighted by Crippen LogP contribution is -2.60. The van der Waals surface area contributed by atoms with Crippen molar-refractivity contribution in [3.05, 3.63) is 0 Å². The molecule has 0 aromatic carbocycles. The zero-order chi connectivity index (χ0) is 64.1. The maximum atomic E-state index is 14.2. The van der Waals surface area contributed by atoms with Gasteiger partial charge in [-0.3, -0.25) is 72.5 Å². The third kappa shape index (κ3) is 33.6. The zero-order valence-corrected chi connectivity index (χ0v) is 48.6. The van der Waals surface area contributed by atoms with Gasteiger partial charge in [-0.05, 0) is 76.2 Å². The lowest BCUT2D eigenvalue weighted by atomic mass is 10.0. The van der Waals surface area contributed by atoms with Crippen molar-refractivity contribution >= 4 is 101 Å². The van der Waals surface area contributed by atoms with Crippen molar-refractivity contribution in [1.29, 1.82) is 0 Å². The normalized spacial score (nSPS) is 14.0. The van der Waals surface area contributed by atoms with Gasteiger partial charge in [-0.1, -0.05) is 13.8 Å². The molecule has 9 atom stereocenters. The fourth-order valence-electron chi connectivity index (χ4n) is 7.20. The molecule has 0 radical (unpaired) electrons. The van der Waals surface area contributed by atoms with Gasteiger partial charge in [-0.15, -0.1) is 0 Å². The van der Waals surface area contributed by atoms with E-state index in [-0.39, 0.29) is 94.8 Å². The summed E-state index contributed by atoms with van der Waals surface area (Å²) in [6.07, 6.45) is 0.132. The average Bonchev–Trinajstić information content (AvgIpc) is 3.53. The number of nitrogens with zero attached hydrogens (tertiary/aromatic N) is 3. The number of aliphatic hydroxyl groups is 3. The number of thioether (sulfide) groups is 1. The van der Waals surface area contributed by atoms with Crippen LogP contribution >= 0.6 is 11.8 Å². The standard InChI is InChI=1S/C47H87N21O15S/c1-23(2)17-30(65-39(78)27(10-7-14-56-46(51)52)63-41(80)29(12-16-84-5)62-34(74)19-58-25(4)72)42(81)64-28(11-8-15-57-47(53)54)40(79)66-31(21-69)37(76)60-20-35(75)61-26(9-6-13-55-45(49)50)38(77)67-32(22-70)43(82)68-36(24(3)71)44(83)59-18-33(48)73/h23-24,26-32,36,69-71H,6-22H2,1-5H3,(H2,48,73)(H,58,72)(H,59,83)(H,60,76)(H,61,75)(H,62,74)(H,63,80)(H,64,81)(H,65,78)(H,66,79)(H,67,77)(H,68,82)(H4,49,50,55)(H4,51,52,56)(H4,53,54,57)/t24-,26+,27+,28+,29+,30+,31+,32+,36+/m1/s1. The first kappa shape index (κ1) is 75.7. The number of nitrogens with two attached hydrogens (primary N) is 7. The molecule has 0 unspecified atom stereocenters. The summed E-state index contributed by atoms with van der Waals surface area (Å²) in [7, 11) is 0. The summed E-state index contributed by atoms with van der Waals surface area (Å²) in [5.74, 6) is -11.7. The Bertz CT molecular complexity index is 2300. The van der Waals surface area contributed by atoms with E-state index in [2.05, 4.69) is 73.5 Å². The number of primary amides is 1. The number of carbonyl (C=O) groups is 12. The second-order valence-electron chi connectivity index (χ2n) is 19.2. The van der Waals surface area contributed by atoms with Crippen molar-refractivity contribution in [3.63, 3.8) is 0 Å². The topological polar surface area (TPSA) is 617 Å². The molecular weight excluding hydrogens is 1130 g/mol. The van der Waals surface area contributed by atoms with E-state index >= 15 is 0 Å². The van der Waals surface area contributed by atoms with Crippen LogP contribution in [0.1, 0.15) is 79.1 Å². The first-order valence-electron chi connectivity index (χ1n) is 26.5. The molecule has 0 spiro atoms. The smallest absolute Gasteiger partial charge is 0.245 e. The number of amides is 12. The molecular formula is C47H87N21O15S. The molecule has 0 aliphatic heterocycles. The quantitative estimate of drug-likeness (QED) is 0.0153. The Balaban J connectivity index is 6.58. The Morgan fingerprint density at radius 3 is 1.15 bits per heavy atom. The highest BCUT2D eigenvalue weighted by Gasteiger charge is 2.35. The van der Waals surface area contributed by atoms with Gasteiger partial charge in [-0.25, -0.2) is 0 Å². The second kappa shape index (κ2) is 41.6. The Morgan fingerprint density at radius 2 is 0.786 bits per heavy atom. The third-order valence-electron chi connectivity index (χ3n) is 11.4. The highest BCUT2D eigenvalue weighted by atomic mass is 32.2. The molecule has 0 bridgehead atoms. The number of guanidine groups is 3. The summed E-state index contributed by atoms with van der Waals surface area (Å²) in [6.45, 7) is 1.70. The van der Waals surface area contributed by atoms with Crippen LogP contribution < -0.4 is 98.6 Å². The maximum absolute atomic E-state index is 14.2. The largest absolute Gasteiger partial charge is 0.394 e. The van der Waals surface area contributed by atoms with Gasteiger partial charge in [0, 0.05) is 26.6 Å². The number of rotatable bonds is 42. The predicted molar refractivity (Wildman–Crippen MR) is 307 cm³/mol. The molecule has 28 N–H and O–H groups in total. The first-order chi connectivity index (χ1) is 39.4. The highest BCUT2D eigenvalue weighted by molar-refractivity contribution is 7.98. The highest BCUT2D eigenvalue weighted by Crippen LogP contribution is 2.11. The molecule has 0 aliphatic rings. The molecule has 36 nitrogen and oxygen atoms in total. The molecule has 0 heterocycles. The van der Waals surface area contributed by atoms with Gasteiger partial charge >= 0.3 is 0 Å². The van der Waals surface area contributed by atoms with E-state index in [1.807, 2.05) is 0 Å². The molecule has 0 aliphatic carbocycles. The van der Waals surface area contributed by atoms with E-state index < -0.39 is 158 Å². The van der Waals surface area contributed by atoms with Crippen molar-refractivity contribution in [1.82, 2.24) is 58.5 Å². The van der Waals surface area contributed by atoms with Gasteiger partial charge in [-0.2, -0.15) is 11.8 Å². The summed E-state index contributed by atoms with van der Waals surface area (Å²) in [6, 6.07) is -12.1. The Morgan fingerprint density at radius 1 is 0.440 bits per heavy atom. The van der Waals surface area contributed by atoms with E-state index in [0.717, 1.165) is 6.92 Å². The van der Waals surface area contributed by atoms with E-state index in [4.69, 9.17) is 40.1 Å². The summed E-state index contributed by atoms with van der Waals surface area (Å²) in [5, 5.41) is 56.4. The van der Waals surface area contributed by atoms with Crippen LogP contribution in [0.3, 0.4) is 0 Å². The summed E-state index contributed by atoms with van der Waals surface area (Å²) >= 11 is 1.38. The fourth-order valence-corrected chi connectivity index (χ4v) is 7.68. The lowest BCUT2D eigenvalue weighted by Gasteiger charge is -2.28. The van der Waals surface area contributed by atoms with Crippen LogP contribution in [0.5, 0.6) is 0 Å². The number of hydrogen-bond acceptors (Lipinski definition) is 19. The van der Waals surface area contributed by atoms with Crippen molar-refractivity contribution in [2.45, 2.75) is 134 Å². The number of aliphatic hydroxyl groups excluding tert-OH is 3. The van der Waals surface area contributed by atoms with E-state index in [9.17, 15) is 72.9 Å². The van der Waals surface area contributed by atoms with Crippen molar-refractivity contribution in [2.75, 3.05) is 64.5 Å². The van der Waals surface area contributed by atoms with Crippen molar-refractivity contribution in [3.8, 4) is 0 Å². The van der Waals surface area contributed by atoms with Gasteiger partial charge in [0.25, 0.3) is 0 Å². The van der Waals surface area contributed by atoms with Crippen molar-refractivity contribution < 1.29 is 72.9 Å². The van der Waals surface area contributed by atoms with Gasteiger partial charge in [0.2, 0.25) is 70.9 Å². The number of aliphatic imine (C=N–C) groups is 3. The van der Waals surface area contributed by atoms with Crippen LogP contribution in [-0.2, 0) is 57.5 Å². The van der Waals surface area contributed by atoms with Crippen molar-refractivity contribution in [2.24, 2.45) is 61.0 Å². The van der Waals surface area contributed by atoms with Gasteiger partial charge < -0.3 is 114 Å². The summed E-state index contributed by atoms with van der Waals surface area (Å²) in [5.41, 5.74) is 37.7. The van der Waals surface area contributed by atoms with Crippen LogP contribution in [0.2, 0.25) is 0 Å². The average molecular weight is 1220 g/mol. The zero-order valence-electron chi connectivity index (χ0n) is 47.8. The molecule has 84 heavy (non-hydrogen) atoms. The molecule has 0 saturated heterocycles. The number of hydrogen-bond donors (Lipinski definition) is 21. The molecule has 37 heteroatoms. The number of carbonyl (C=O) groups excluding carboxylic acids is 12. The molecule has 0 aromatic heterocycles. The van der Waals surface area contributed by atoms with E-state index in [1.54, 1.807) is 20.1 Å². The Kier molecular flexibility index (Phi) is 37.5. The summed E-state index contributed by atoms with van der Waals surface area (Å²) < 4.78 is 0. The molecule has 0 fully saturated rings. The van der Waals surface area contributed by atoms with Crippen LogP contribution in [0.4, 0.5) is 0 Å². The fraction of sp³-hybridized carbons (Fsp3) is 0.681. The SMILES string of the molecule is CSCC[C@H](NC(=O)CNC(C)=O)C(=O)N[C@@H](CCCN=C(N)N)C(=O)N[C@@H](CC(C)C)C(=O)N[C@@H](CCCN=C(N)N)C(=O)N[C@@H](CO)C(=O)NCC(=O)N[C@@H](CCCN=C(N)N)C(=O)N[C@@H](CO)C(=O)N[C@H](C(=O)NCC(N)=O)[C@@H](C)O. The molecule has 12 amide bonds. The lowest BCUT2D eigenvalue weighted by molar-refractivity contribution is -0.136. The first-order valence-corrected chi connectivity index (χ1v) is 27.9. The molecule has 0 aromatic rings. The maximum Gasteiger partial charge on any atom is 0.245 e. The monoisotopic (exact) mass is 1220 g/mol.